The first-order valence-electron chi connectivity index (χ1n) is 5.82. The van der Waals surface area contributed by atoms with Crippen LogP contribution in [0.2, 0.25) is 10.0 Å². The number of anilines is 3. The maximum Gasteiger partial charge on any atom is 0.323 e. The van der Waals surface area contributed by atoms with Crippen LogP contribution in [0.25, 0.3) is 0 Å². The first kappa shape index (κ1) is 15.0. The molecular weight excluding hydrogens is 311 g/mol. The molecule has 0 saturated heterocycles. The molecule has 0 fully saturated rings. The summed E-state index contributed by atoms with van der Waals surface area (Å²) in [6, 6.07) is 10.8. The minimum absolute atomic E-state index is 0.304. The van der Waals surface area contributed by atoms with E-state index in [2.05, 4.69) is 10.6 Å². The Labute approximate surface area is 131 Å². The Morgan fingerprint density at radius 3 is 2.48 bits per heavy atom. The first-order chi connectivity index (χ1) is 9.99. The van der Waals surface area contributed by atoms with Crippen LogP contribution in [-0.2, 0) is 0 Å². The van der Waals surface area contributed by atoms with Gasteiger partial charge in [0.15, 0.2) is 0 Å². The highest BCUT2D eigenvalue weighted by Crippen LogP contribution is 2.25. The summed E-state index contributed by atoms with van der Waals surface area (Å²) in [5.41, 5.74) is 7.38. The van der Waals surface area contributed by atoms with Crippen LogP contribution in [0.4, 0.5) is 21.9 Å². The minimum atomic E-state index is -0.482. The summed E-state index contributed by atoms with van der Waals surface area (Å²) < 4.78 is 0. The number of nitrogens with zero attached hydrogens (tertiary/aromatic N) is 1. The predicted octanol–water partition coefficient (Wildman–Crippen LogP) is 4.09. The van der Waals surface area contributed by atoms with Gasteiger partial charge in [0.2, 0.25) is 0 Å². The van der Waals surface area contributed by atoms with E-state index >= 15 is 0 Å². The van der Waals surface area contributed by atoms with Crippen molar-refractivity contribution in [3.63, 3.8) is 0 Å². The van der Waals surface area contributed by atoms with Gasteiger partial charge in [-0.25, -0.2) is 4.79 Å². The Kier molecular flexibility index (Phi) is 4.53. The first-order valence-corrected chi connectivity index (χ1v) is 6.58. The average molecular weight is 321 g/mol. The number of benzene rings is 2. The number of urea groups is 1. The number of hydrogen-bond acceptors (Lipinski definition) is 3. The number of halogens is 2. The lowest BCUT2D eigenvalue weighted by atomic mass is 10.2. The van der Waals surface area contributed by atoms with Crippen LogP contribution in [0.1, 0.15) is 5.56 Å². The quantitative estimate of drug-likeness (QED) is 0.728. The lowest BCUT2D eigenvalue weighted by Crippen LogP contribution is -2.20. The van der Waals surface area contributed by atoms with Gasteiger partial charge in [-0.3, -0.25) is 0 Å². The zero-order valence-electron chi connectivity index (χ0n) is 10.7. The molecule has 0 unspecified atom stereocenters. The van der Waals surface area contributed by atoms with E-state index in [0.29, 0.717) is 32.7 Å². The Bertz CT molecular complexity index is 740. The Morgan fingerprint density at radius 1 is 1.10 bits per heavy atom. The maximum atomic E-state index is 11.9. The van der Waals surface area contributed by atoms with E-state index in [-0.39, 0.29) is 0 Å². The predicted molar refractivity (Wildman–Crippen MR) is 84.7 cm³/mol. The minimum Gasteiger partial charge on any atom is -0.397 e. The maximum absolute atomic E-state index is 11.9. The summed E-state index contributed by atoms with van der Waals surface area (Å²) in [5.74, 6) is 0. The highest BCUT2D eigenvalue weighted by Gasteiger charge is 2.07. The summed E-state index contributed by atoms with van der Waals surface area (Å²) >= 11 is 11.7. The number of carbonyl (C=O) groups is 1. The molecular formula is C14H10Cl2N4O. The molecule has 0 spiro atoms. The Balaban J connectivity index is 2.08. The van der Waals surface area contributed by atoms with E-state index in [0.717, 1.165) is 0 Å². The number of nitrogen functional groups attached to an aromatic ring is 1. The molecule has 2 amide bonds. The lowest BCUT2D eigenvalue weighted by molar-refractivity contribution is 0.262. The van der Waals surface area contributed by atoms with E-state index in [1.807, 2.05) is 6.07 Å². The van der Waals surface area contributed by atoms with Crippen molar-refractivity contribution < 1.29 is 4.79 Å². The van der Waals surface area contributed by atoms with Crippen LogP contribution in [0.3, 0.4) is 0 Å². The largest absolute Gasteiger partial charge is 0.397 e. The van der Waals surface area contributed by atoms with E-state index in [9.17, 15) is 4.79 Å². The van der Waals surface area contributed by atoms with Crippen LogP contribution in [0.15, 0.2) is 36.4 Å². The molecule has 0 bridgehead atoms. The van der Waals surface area contributed by atoms with Gasteiger partial charge in [-0.05, 0) is 36.4 Å². The highest BCUT2D eigenvalue weighted by molar-refractivity contribution is 6.42. The topological polar surface area (TPSA) is 90.9 Å². The Hall–Kier alpha value is -2.42. The molecule has 106 valence electrons. The van der Waals surface area contributed by atoms with Crippen LogP contribution < -0.4 is 16.4 Å². The second-order valence-corrected chi connectivity index (χ2v) is 4.94. The van der Waals surface area contributed by atoms with Gasteiger partial charge in [-0.2, -0.15) is 5.26 Å². The van der Waals surface area contributed by atoms with Gasteiger partial charge in [0.05, 0.1) is 33.1 Å². The fraction of sp³-hybridized carbons (Fsp3) is 0. The molecule has 2 aromatic carbocycles. The molecule has 7 heteroatoms. The molecule has 0 heterocycles. The molecule has 0 atom stereocenters. The van der Waals surface area contributed by atoms with Gasteiger partial charge in [-0.15, -0.1) is 0 Å². The summed E-state index contributed by atoms with van der Waals surface area (Å²) in [6.45, 7) is 0. The highest BCUT2D eigenvalue weighted by atomic mass is 35.5. The third-order valence-electron chi connectivity index (χ3n) is 2.61. The molecule has 4 N–H and O–H groups in total. The zero-order chi connectivity index (χ0) is 15.4. The van der Waals surface area contributed by atoms with Gasteiger partial charge in [0.1, 0.15) is 0 Å². The van der Waals surface area contributed by atoms with Crippen molar-refractivity contribution in [1.29, 1.82) is 5.26 Å². The van der Waals surface area contributed by atoms with E-state index in [1.54, 1.807) is 24.3 Å². The summed E-state index contributed by atoms with van der Waals surface area (Å²) in [6.07, 6.45) is 0. The second-order valence-electron chi connectivity index (χ2n) is 4.12. The van der Waals surface area contributed by atoms with E-state index < -0.39 is 6.03 Å². The second kappa shape index (κ2) is 6.35. The van der Waals surface area contributed by atoms with Crippen molar-refractivity contribution in [2.24, 2.45) is 0 Å². The normalized spacial score (nSPS) is 9.76. The molecule has 2 rings (SSSR count). The van der Waals surface area contributed by atoms with Gasteiger partial charge >= 0.3 is 6.03 Å². The number of nitrogens with two attached hydrogens (primary N) is 1. The van der Waals surface area contributed by atoms with E-state index in [1.165, 1.54) is 12.1 Å². The van der Waals surface area contributed by atoms with E-state index in [4.69, 9.17) is 34.2 Å². The average Bonchev–Trinajstić information content (AvgIpc) is 2.45. The van der Waals surface area contributed by atoms with Crippen LogP contribution in [-0.4, -0.2) is 6.03 Å². The van der Waals surface area contributed by atoms with Crippen molar-refractivity contribution in [3.8, 4) is 6.07 Å². The number of amides is 2. The lowest BCUT2D eigenvalue weighted by Gasteiger charge is -2.10. The molecule has 2 aromatic rings. The molecule has 0 aliphatic rings. The smallest absolute Gasteiger partial charge is 0.323 e. The standard InChI is InChI=1S/C14H10Cl2N4O/c15-10-3-2-9(6-11(10)16)19-14(21)20-13-4-1-8(7-17)5-12(13)18/h1-6H,18H2,(H2,19,20,21). The van der Waals surface area contributed by atoms with Crippen LogP contribution in [0.5, 0.6) is 0 Å². The monoisotopic (exact) mass is 320 g/mol. The fourth-order valence-corrected chi connectivity index (χ4v) is 1.90. The van der Waals surface area contributed by atoms with Crippen LogP contribution >= 0.6 is 23.2 Å². The number of carbonyl (C=O) groups excluding carboxylic acids is 1. The Morgan fingerprint density at radius 2 is 1.86 bits per heavy atom. The molecule has 0 radical (unpaired) electrons. The zero-order valence-corrected chi connectivity index (χ0v) is 12.2. The van der Waals surface area contributed by atoms with Gasteiger partial charge in [0.25, 0.3) is 0 Å². The van der Waals surface area contributed by atoms with Gasteiger partial charge in [0, 0.05) is 5.69 Å². The van der Waals surface area contributed by atoms with Crippen molar-refractivity contribution in [3.05, 3.63) is 52.0 Å². The van der Waals surface area contributed by atoms with Gasteiger partial charge in [-0.1, -0.05) is 23.2 Å². The van der Waals surface area contributed by atoms with Crippen molar-refractivity contribution in [2.45, 2.75) is 0 Å². The van der Waals surface area contributed by atoms with Crippen molar-refractivity contribution in [1.82, 2.24) is 0 Å². The third-order valence-corrected chi connectivity index (χ3v) is 3.35. The van der Waals surface area contributed by atoms with Crippen molar-refractivity contribution >= 4 is 46.3 Å². The molecule has 0 aromatic heterocycles. The van der Waals surface area contributed by atoms with Crippen LogP contribution in [0, 0.1) is 11.3 Å². The third kappa shape index (κ3) is 3.78. The molecule has 5 nitrogen and oxygen atoms in total. The fourth-order valence-electron chi connectivity index (χ4n) is 1.60. The number of rotatable bonds is 2. The van der Waals surface area contributed by atoms with Crippen molar-refractivity contribution in [2.75, 3.05) is 16.4 Å². The molecule has 0 aliphatic heterocycles. The molecule has 0 aliphatic carbocycles. The number of nitriles is 1. The molecule has 21 heavy (non-hydrogen) atoms. The molecule has 0 saturated carbocycles. The summed E-state index contributed by atoms with van der Waals surface area (Å²) in [7, 11) is 0. The summed E-state index contributed by atoms with van der Waals surface area (Å²) in [5, 5.41) is 14.7. The number of nitrogens with one attached hydrogen (secondary N) is 2. The summed E-state index contributed by atoms with van der Waals surface area (Å²) in [4.78, 5) is 11.9. The van der Waals surface area contributed by atoms with Gasteiger partial charge < -0.3 is 16.4 Å². The number of hydrogen-bond donors (Lipinski definition) is 3. The SMILES string of the molecule is N#Cc1ccc(NC(=O)Nc2ccc(Cl)c(Cl)c2)c(N)c1.